The highest BCUT2D eigenvalue weighted by molar-refractivity contribution is 5.82. The lowest BCUT2D eigenvalue weighted by Gasteiger charge is -2.27. The number of carbonyl (C=O) groups is 2. The molecule has 0 aromatic carbocycles. The van der Waals surface area contributed by atoms with Gasteiger partial charge in [-0.05, 0) is 24.5 Å². The summed E-state index contributed by atoms with van der Waals surface area (Å²) in [5.74, 6) is -0.141. The second-order valence-electron chi connectivity index (χ2n) is 5.60. The van der Waals surface area contributed by atoms with Gasteiger partial charge in [-0.15, -0.1) is 0 Å². The molecule has 23 heavy (non-hydrogen) atoms. The van der Waals surface area contributed by atoms with Crippen molar-refractivity contribution in [2.24, 2.45) is 0 Å². The quantitative estimate of drug-likeness (QED) is 0.789. The van der Waals surface area contributed by atoms with Crippen molar-refractivity contribution in [1.29, 1.82) is 0 Å². The lowest BCUT2D eigenvalue weighted by Crippen LogP contribution is -2.43. The topological polar surface area (TPSA) is 72.0 Å². The van der Waals surface area contributed by atoms with Gasteiger partial charge >= 0.3 is 6.09 Å². The molecule has 7 heteroatoms. The molecule has 1 aromatic rings. The maximum atomic E-state index is 12.6. The van der Waals surface area contributed by atoms with Gasteiger partial charge < -0.3 is 19.3 Å². The van der Waals surface area contributed by atoms with Crippen LogP contribution in [0.2, 0.25) is 0 Å². The third kappa shape index (κ3) is 5.21. The fourth-order valence-corrected chi connectivity index (χ4v) is 2.52. The van der Waals surface area contributed by atoms with E-state index in [0.717, 1.165) is 25.0 Å². The van der Waals surface area contributed by atoms with Gasteiger partial charge in [0.25, 0.3) is 0 Å². The highest BCUT2D eigenvalue weighted by atomic mass is 16.5. The van der Waals surface area contributed by atoms with Crippen molar-refractivity contribution in [3.63, 3.8) is 0 Å². The van der Waals surface area contributed by atoms with Crippen LogP contribution in [-0.2, 0) is 20.8 Å². The van der Waals surface area contributed by atoms with Crippen molar-refractivity contribution in [1.82, 2.24) is 14.8 Å². The number of methoxy groups -OCH3 is 1. The molecule has 1 atom stereocenters. The smallest absolute Gasteiger partial charge is 0.409 e. The van der Waals surface area contributed by atoms with Crippen LogP contribution in [0.15, 0.2) is 24.5 Å². The number of hydrogen-bond donors (Lipinski definition) is 0. The molecule has 1 fully saturated rings. The molecule has 1 aromatic heterocycles. The average molecular weight is 321 g/mol. The number of pyridine rings is 1. The van der Waals surface area contributed by atoms with E-state index in [1.165, 1.54) is 19.1 Å². The maximum Gasteiger partial charge on any atom is 0.409 e. The van der Waals surface area contributed by atoms with Crippen LogP contribution in [0, 0.1) is 0 Å². The van der Waals surface area contributed by atoms with Crippen molar-refractivity contribution < 1.29 is 19.1 Å². The Bertz CT molecular complexity index is 517. The largest absolute Gasteiger partial charge is 0.453 e. The molecule has 2 rings (SSSR count). The van der Waals surface area contributed by atoms with E-state index in [1.807, 2.05) is 12.1 Å². The van der Waals surface area contributed by atoms with Crippen molar-refractivity contribution in [3.05, 3.63) is 30.1 Å². The van der Waals surface area contributed by atoms with E-state index in [2.05, 4.69) is 9.72 Å². The SMILES string of the molecule is COC(=O)N(C)CC(=O)N(Cc1cccnc1)C[C@H]1CCCO1. The van der Waals surface area contributed by atoms with Crippen LogP contribution in [0.25, 0.3) is 0 Å². The molecular formula is C16H23N3O4. The molecule has 1 saturated heterocycles. The predicted octanol–water partition coefficient (Wildman–Crippen LogP) is 1.29. The van der Waals surface area contributed by atoms with Crippen LogP contribution in [0.5, 0.6) is 0 Å². The number of ether oxygens (including phenoxy) is 2. The summed E-state index contributed by atoms with van der Waals surface area (Å²) >= 11 is 0. The Balaban J connectivity index is 2.02. The molecule has 0 bridgehead atoms. The van der Waals surface area contributed by atoms with Crippen molar-refractivity contribution in [3.8, 4) is 0 Å². The van der Waals surface area contributed by atoms with E-state index < -0.39 is 6.09 Å². The van der Waals surface area contributed by atoms with Crippen LogP contribution in [0.3, 0.4) is 0 Å². The van der Waals surface area contributed by atoms with Crippen LogP contribution >= 0.6 is 0 Å². The minimum Gasteiger partial charge on any atom is -0.453 e. The Morgan fingerprint density at radius 2 is 2.30 bits per heavy atom. The highest BCUT2D eigenvalue weighted by Crippen LogP contribution is 2.15. The molecule has 7 nitrogen and oxygen atoms in total. The Labute approximate surface area is 136 Å². The van der Waals surface area contributed by atoms with Gasteiger partial charge in [-0.25, -0.2) is 4.79 Å². The number of amides is 2. The normalized spacial score (nSPS) is 16.9. The zero-order valence-electron chi connectivity index (χ0n) is 13.6. The Morgan fingerprint density at radius 1 is 1.48 bits per heavy atom. The van der Waals surface area contributed by atoms with Crippen LogP contribution in [-0.4, -0.2) is 66.7 Å². The average Bonchev–Trinajstić information content (AvgIpc) is 3.07. The van der Waals surface area contributed by atoms with Gasteiger partial charge in [-0.3, -0.25) is 9.78 Å². The van der Waals surface area contributed by atoms with Gasteiger partial charge in [0.2, 0.25) is 5.91 Å². The number of nitrogens with zero attached hydrogens (tertiary/aromatic N) is 3. The van der Waals surface area contributed by atoms with E-state index >= 15 is 0 Å². The molecule has 0 unspecified atom stereocenters. The number of aromatic nitrogens is 1. The molecule has 1 aliphatic rings. The van der Waals surface area contributed by atoms with Gasteiger partial charge in [-0.1, -0.05) is 6.07 Å². The minimum atomic E-state index is -0.531. The number of likely N-dealkylation sites (N-methyl/N-ethyl adjacent to an activating group) is 1. The fourth-order valence-electron chi connectivity index (χ4n) is 2.52. The summed E-state index contributed by atoms with van der Waals surface area (Å²) in [7, 11) is 2.83. The summed E-state index contributed by atoms with van der Waals surface area (Å²) < 4.78 is 10.3. The van der Waals surface area contributed by atoms with Crippen molar-refractivity contribution in [2.75, 3.05) is 33.9 Å². The molecule has 2 heterocycles. The van der Waals surface area contributed by atoms with Crippen LogP contribution in [0.1, 0.15) is 18.4 Å². The van der Waals surface area contributed by atoms with Gasteiger partial charge in [0.05, 0.1) is 13.2 Å². The fraction of sp³-hybridized carbons (Fsp3) is 0.562. The maximum absolute atomic E-state index is 12.6. The first-order valence-corrected chi connectivity index (χ1v) is 7.67. The molecule has 0 radical (unpaired) electrons. The van der Waals surface area contributed by atoms with Crippen molar-refractivity contribution in [2.45, 2.75) is 25.5 Å². The third-order valence-corrected chi connectivity index (χ3v) is 3.76. The zero-order valence-corrected chi connectivity index (χ0v) is 13.6. The summed E-state index contributed by atoms with van der Waals surface area (Å²) in [5, 5.41) is 0. The van der Waals surface area contributed by atoms with E-state index in [9.17, 15) is 9.59 Å². The molecule has 0 saturated carbocycles. The van der Waals surface area contributed by atoms with Gasteiger partial charge in [0.1, 0.15) is 6.54 Å². The first-order chi connectivity index (χ1) is 11.1. The third-order valence-electron chi connectivity index (χ3n) is 3.76. The summed E-state index contributed by atoms with van der Waals surface area (Å²) in [6, 6.07) is 3.76. The summed E-state index contributed by atoms with van der Waals surface area (Å²) in [6.07, 6.45) is 4.92. The van der Waals surface area contributed by atoms with E-state index in [4.69, 9.17) is 4.74 Å². The molecule has 126 valence electrons. The standard InChI is InChI=1S/C16H23N3O4/c1-18(16(21)22-2)12-15(20)19(11-14-6-4-8-23-14)10-13-5-3-7-17-9-13/h3,5,7,9,14H,4,6,8,10-12H2,1-2H3/t14-/m1/s1. The van der Waals surface area contributed by atoms with E-state index in [0.29, 0.717) is 13.1 Å². The van der Waals surface area contributed by atoms with E-state index in [-0.39, 0.29) is 18.6 Å². The first-order valence-electron chi connectivity index (χ1n) is 7.67. The van der Waals surface area contributed by atoms with Crippen LogP contribution in [0.4, 0.5) is 4.79 Å². The highest BCUT2D eigenvalue weighted by Gasteiger charge is 2.24. The molecule has 0 spiro atoms. The summed E-state index contributed by atoms with van der Waals surface area (Å²) in [6.45, 7) is 1.67. The lowest BCUT2D eigenvalue weighted by atomic mass is 10.2. The molecular weight excluding hydrogens is 298 g/mol. The molecule has 1 aliphatic heterocycles. The Hall–Kier alpha value is -2.15. The second kappa shape index (κ2) is 8.47. The zero-order chi connectivity index (χ0) is 16.7. The summed E-state index contributed by atoms with van der Waals surface area (Å²) in [5.41, 5.74) is 0.944. The van der Waals surface area contributed by atoms with E-state index in [1.54, 1.807) is 17.3 Å². The van der Waals surface area contributed by atoms with Crippen LogP contribution < -0.4 is 0 Å². The summed E-state index contributed by atoms with van der Waals surface area (Å²) in [4.78, 5) is 31.1. The Kier molecular flexibility index (Phi) is 6.34. The minimum absolute atomic E-state index is 0.0281. The van der Waals surface area contributed by atoms with Gasteiger partial charge in [-0.2, -0.15) is 0 Å². The Morgan fingerprint density at radius 3 is 2.91 bits per heavy atom. The molecule has 2 amide bonds. The number of hydrogen-bond acceptors (Lipinski definition) is 5. The number of rotatable bonds is 6. The van der Waals surface area contributed by atoms with Gasteiger partial charge in [0.15, 0.2) is 0 Å². The molecule has 0 N–H and O–H groups in total. The molecule has 0 aliphatic carbocycles. The predicted molar refractivity (Wildman–Crippen MR) is 83.7 cm³/mol. The number of carbonyl (C=O) groups excluding carboxylic acids is 2. The lowest BCUT2D eigenvalue weighted by molar-refractivity contribution is -0.134. The monoisotopic (exact) mass is 321 g/mol. The first kappa shape index (κ1) is 17.2. The second-order valence-corrected chi connectivity index (χ2v) is 5.60. The van der Waals surface area contributed by atoms with Crippen molar-refractivity contribution >= 4 is 12.0 Å². The van der Waals surface area contributed by atoms with Gasteiger partial charge in [0, 0.05) is 39.1 Å².